The minimum absolute atomic E-state index is 0.112. The van der Waals surface area contributed by atoms with Crippen LogP contribution in [0.2, 0.25) is 0 Å². The van der Waals surface area contributed by atoms with Gasteiger partial charge < -0.3 is 15.6 Å². The highest BCUT2D eigenvalue weighted by Gasteiger charge is 2.30. The number of hydrogen-bond donors (Lipinski definition) is 3. The molecular weight excluding hydrogens is 383 g/mol. The first-order chi connectivity index (χ1) is 13.6. The molecule has 8 heteroatoms. The first kappa shape index (κ1) is 20.4. The van der Waals surface area contributed by atoms with Gasteiger partial charge >= 0.3 is 6.18 Å². The Hall–Kier alpha value is -3.29. The van der Waals surface area contributed by atoms with E-state index in [4.69, 9.17) is 0 Å². The van der Waals surface area contributed by atoms with Gasteiger partial charge in [0.2, 0.25) is 0 Å². The maximum Gasteiger partial charge on any atom is 0.416 e. The summed E-state index contributed by atoms with van der Waals surface area (Å²) in [5, 5.41) is 6.20. The molecule has 1 heterocycles. The van der Waals surface area contributed by atoms with E-state index in [0.29, 0.717) is 23.8 Å². The van der Waals surface area contributed by atoms with Gasteiger partial charge in [-0.1, -0.05) is 13.8 Å². The van der Waals surface area contributed by atoms with Crippen LogP contribution < -0.4 is 10.6 Å². The fraction of sp³-hybridized carbons (Fsp3) is 0.238. The fourth-order valence-corrected chi connectivity index (χ4v) is 2.74. The summed E-state index contributed by atoms with van der Waals surface area (Å²) < 4.78 is 37.9. The first-order valence-corrected chi connectivity index (χ1v) is 9.03. The minimum Gasteiger partial charge on any atom is -0.351 e. The predicted octanol–water partition coefficient (Wildman–Crippen LogP) is 4.82. The first-order valence-electron chi connectivity index (χ1n) is 9.03. The molecule has 1 aromatic heterocycles. The summed E-state index contributed by atoms with van der Waals surface area (Å²) in [6, 6.07) is 10.7. The quantitative estimate of drug-likeness (QED) is 0.571. The lowest BCUT2D eigenvalue weighted by Crippen LogP contribution is -2.27. The molecule has 0 bridgehead atoms. The molecule has 0 aliphatic heterocycles. The van der Waals surface area contributed by atoms with Crippen molar-refractivity contribution in [3.05, 3.63) is 65.4 Å². The van der Waals surface area contributed by atoms with Crippen molar-refractivity contribution in [2.75, 3.05) is 11.9 Å². The van der Waals surface area contributed by atoms with Gasteiger partial charge in [-0.25, -0.2) is 0 Å². The Labute approximate surface area is 165 Å². The summed E-state index contributed by atoms with van der Waals surface area (Å²) in [6.07, 6.45) is -4.45. The number of aromatic nitrogens is 1. The van der Waals surface area contributed by atoms with E-state index in [0.717, 1.165) is 35.2 Å². The Morgan fingerprint density at radius 3 is 2.31 bits per heavy atom. The number of carbonyl (C=O) groups excluding carboxylic acids is 2. The van der Waals surface area contributed by atoms with Gasteiger partial charge in [-0.15, -0.1) is 0 Å². The monoisotopic (exact) mass is 403 g/mol. The fourth-order valence-electron chi connectivity index (χ4n) is 2.74. The second-order valence-corrected chi connectivity index (χ2v) is 7.12. The largest absolute Gasteiger partial charge is 0.416 e. The van der Waals surface area contributed by atoms with Gasteiger partial charge in [-0.05, 0) is 54.4 Å². The zero-order valence-electron chi connectivity index (χ0n) is 15.9. The van der Waals surface area contributed by atoms with E-state index in [1.54, 1.807) is 24.3 Å². The van der Waals surface area contributed by atoms with Crippen molar-refractivity contribution in [2.24, 2.45) is 5.92 Å². The molecule has 0 fully saturated rings. The number of halogens is 3. The molecule has 152 valence electrons. The maximum absolute atomic E-state index is 12.6. The van der Waals surface area contributed by atoms with E-state index in [9.17, 15) is 22.8 Å². The third-order valence-electron chi connectivity index (χ3n) is 4.27. The van der Waals surface area contributed by atoms with Crippen LogP contribution in [0.5, 0.6) is 0 Å². The van der Waals surface area contributed by atoms with Crippen LogP contribution in [-0.4, -0.2) is 23.3 Å². The van der Waals surface area contributed by atoms with Crippen LogP contribution in [0, 0.1) is 5.92 Å². The molecule has 2 amide bonds. The van der Waals surface area contributed by atoms with E-state index in [2.05, 4.69) is 15.6 Å². The maximum atomic E-state index is 12.6. The number of benzene rings is 2. The number of carbonyl (C=O) groups is 2. The van der Waals surface area contributed by atoms with Gasteiger partial charge in [0.05, 0.1) is 5.56 Å². The zero-order chi connectivity index (χ0) is 21.2. The van der Waals surface area contributed by atoms with Crippen LogP contribution in [0.25, 0.3) is 10.9 Å². The summed E-state index contributed by atoms with van der Waals surface area (Å²) >= 11 is 0. The van der Waals surface area contributed by atoms with Crippen molar-refractivity contribution in [1.29, 1.82) is 0 Å². The molecular formula is C21H20F3N3O2. The molecule has 2 aromatic carbocycles. The lowest BCUT2D eigenvalue weighted by molar-refractivity contribution is -0.137. The number of hydrogen-bond acceptors (Lipinski definition) is 2. The van der Waals surface area contributed by atoms with Gasteiger partial charge in [0.15, 0.2) is 0 Å². The van der Waals surface area contributed by atoms with Crippen molar-refractivity contribution < 1.29 is 22.8 Å². The van der Waals surface area contributed by atoms with Crippen molar-refractivity contribution >= 4 is 28.4 Å². The number of anilines is 1. The molecule has 3 aromatic rings. The average Bonchev–Trinajstić information content (AvgIpc) is 3.09. The topological polar surface area (TPSA) is 74.0 Å². The highest BCUT2D eigenvalue weighted by atomic mass is 19.4. The smallest absolute Gasteiger partial charge is 0.351 e. The third kappa shape index (κ3) is 4.96. The number of fused-ring (bicyclic) bond motifs is 1. The van der Waals surface area contributed by atoms with E-state index < -0.39 is 17.6 Å². The van der Waals surface area contributed by atoms with E-state index in [-0.39, 0.29) is 11.5 Å². The van der Waals surface area contributed by atoms with Gasteiger partial charge in [0.1, 0.15) is 5.69 Å². The molecule has 29 heavy (non-hydrogen) atoms. The van der Waals surface area contributed by atoms with Crippen LogP contribution in [0.1, 0.15) is 40.3 Å². The summed E-state index contributed by atoms with van der Waals surface area (Å²) in [6.45, 7) is 4.55. The number of rotatable bonds is 5. The molecule has 0 saturated heterocycles. The number of alkyl halides is 3. The molecule has 0 unspecified atom stereocenters. The van der Waals surface area contributed by atoms with Gasteiger partial charge in [0, 0.05) is 28.7 Å². The van der Waals surface area contributed by atoms with Crippen molar-refractivity contribution in [3.63, 3.8) is 0 Å². The molecule has 3 rings (SSSR count). The summed E-state index contributed by atoms with van der Waals surface area (Å²) in [5.41, 5.74) is 0.904. The summed E-state index contributed by atoms with van der Waals surface area (Å²) in [5.74, 6) is -0.413. The number of amides is 2. The second-order valence-electron chi connectivity index (χ2n) is 7.12. The molecule has 3 N–H and O–H groups in total. The molecule has 0 saturated carbocycles. The summed E-state index contributed by atoms with van der Waals surface area (Å²) in [7, 11) is 0. The minimum atomic E-state index is -4.45. The Morgan fingerprint density at radius 1 is 1.00 bits per heavy atom. The Kier molecular flexibility index (Phi) is 5.63. The Balaban J connectivity index is 1.73. The van der Waals surface area contributed by atoms with Crippen LogP contribution in [0.3, 0.4) is 0 Å². The normalized spacial score (nSPS) is 11.7. The highest BCUT2D eigenvalue weighted by molar-refractivity contribution is 6.05. The molecule has 0 atom stereocenters. The van der Waals surface area contributed by atoms with Crippen LogP contribution >= 0.6 is 0 Å². The lowest BCUT2D eigenvalue weighted by Gasteiger charge is -2.08. The summed E-state index contributed by atoms with van der Waals surface area (Å²) in [4.78, 5) is 27.5. The molecule has 0 radical (unpaired) electrons. The SMILES string of the molecule is CC(C)CNC(=O)c1cc2cc(NC(=O)c3ccc(C(F)(F)F)cc3)ccc2[nH]1. The number of aromatic amines is 1. The van der Waals surface area contributed by atoms with E-state index >= 15 is 0 Å². The Bertz CT molecular complexity index is 1040. The standard InChI is InChI=1S/C21H20F3N3O2/c1-12(2)11-25-20(29)18-10-14-9-16(7-8-17(14)27-18)26-19(28)13-3-5-15(6-4-13)21(22,23)24/h3-10,12,27H,11H2,1-2H3,(H,25,29)(H,26,28). The van der Waals surface area contributed by atoms with Gasteiger partial charge in [-0.2, -0.15) is 13.2 Å². The molecule has 0 aliphatic rings. The van der Waals surface area contributed by atoms with Gasteiger partial charge in [0.25, 0.3) is 11.8 Å². The van der Waals surface area contributed by atoms with E-state index in [1.807, 2.05) is 13.8 Å². The lowest BCUT2D eigenvalue weighted by atomic mass is 10.1. The van der Waals surface area contributed by atoms with Crippen molar-refractivity contribution in [1.82, 2.24) is 10.3 Å². The highest BCUT2D eigenvalue weighted by Crippen LogP contribution is 2.29. The van der Waals surface area contributed by atoms with Crippen LogP contribution in [0.15, 0.2) is 48.5 Å². The van der Waals surface area contributed by atoms with Crippen molar-refractivity contribution in [2.45, 2.75) is 20.0 Å². The predicted molar refractivity (Wildman–Crippen MR) is 105 cm³/mol. The second kappa shape index (κ2) is 7.98. The molecule has 0 spiro atoms. The zero-order valence-corrected chi connectivity index (χ0v) is 15.9. The molecule has 0 aliphatic carbocycles. The Morgan fingerprint density at radius 2 is 1.69 bits per heavy atom. The van der Waals surface area contributed by atoms with Crippen LogP contribution in [0.4, 0.5) is 18.9 Å². The number of H-pyrrole nitrogens is 1. The van der Waals surface area contributed by atoms with Crippen molar-refractivity contribution in [3.8, 4) is 0 Å². The van der Waals surface area contributed by atoms with E-state index in [1.165, 1.54) is 0 Å². The molecule has 5 nitrogen and oxygen atoms in total. The number of nitrogens with one attached hydrogen (secondary N) is 3. The third-order valence-corrected chi connectivity index (χ3v) is 4.27. The van der Waals surface area contributed by atoms with Crippen LogP contribution in [-0.2, 0) is 6.18 Å². The average molecular weight is 403 g/mol. The van der Waals surface area contributed by atoms with Gasteiger partial charge in [-0.3, -0.25) is 9.59 Å².